The van der Waals surface area contributed by atoms with Gasteiger partial charge >= 0.3 is 4.87 Å². The first kappa shape index (κ1) is 16.7. The number of thiazole rings is 1. The van der Waals surface area contributed by atoms with Crippen molar-refractivity contribution in [3.63, 3.8) is 0 Å². The molecule has 7 heteroatoms. The van der Waals surface area contributed by atoms with Gasteiger partial charge in [0.05, 0.1) is 6.10 Å². The molecule has 0 saturated carbocycles. The molecule has 1 atom stereocenters. The molecule has 0 spiro atoms. The van der Waals surface area contributed by atoms with E-state index in [1.807, 2.05) is 6.92 Å². The third-order valence-electron chi connectivity index (χ3n) is 3.43. The van der Waals surface area contributed by atoms with Crippen LogP contribution in [-0.4, -0.2) is 22.1 Å². The highest BCUT2D eigenvalue weighted by Gasteiger charge is 2.14. The first-order valence-corrected chi connectivity index (χ1v) is 7.95. The molecule has 2 N–H and O–H groups in total. The fourth-order valence-electron chi connectivity index (χ4n) is 2.04. The zero-order valence-corrected chi connectivity index (χ0v) is 13.9. The Morgan fingerprint density at radius 2 is 2.09 bits per heavy atom. The Balaban J connectivity index is 1.96. The van der Waals surface area contributed by atoms with E-state index in [9.17, 15) is 14.7 Å². The number of carbonyl (C=O) groups is 1. The minimum absolute atomic E-state index is 0.0412. The number of rotatable bonds is 5. The molecule has 2 rings (SSSR count). The minimum atomic E-state index is -0.889. The van der Waals surface area contributed by atoms with Crippen LogP contribution in [0.25, 0.3) is 0 Å². The molecule has 0 bridgehead atoms. The Morgan fingerprint density at radius 3 is 2.68 bits per heavy atom. The van der Waals surface area contributed by atoms with Crippen LogP contribution in [0.3, 0.4) is 0 Å². The lowest BCUT2D eigenvalue weighted by Crippen LogP contribution is -2.33. The molecular formula is C15H17ClN2O3S. The average molecular weight is 341 g/mol. The second-order valence-electron chi connectivity index (χ2n) is 4.94. The number of aryl methyl sites for hydroxylation is 1. The van der Waals surface area contributed by atoms with Crippen LogP contribution in [-0.2, 0) is 11.3 Å². The predicted molar refractivity (Wildman–Crippen MR) is 87.5 cm³/mol. The van der Waals surface area contributed by atoms with Crippen LogP contribution in [0.1, 0.15) is 22.2 Å². The zero-order chi connectivity index (χ0) is 16.3. The van der Waals surface area contributed by atoms with Gasteiger partial charge in [-0.3, -0.25) is 14.2 Å². The fraction of sp³-hybridized carbons (Fsp3) is 0.333. The summed E-state index contributed by atoms with van der Waals surface area (Å²) in [5.41, 5.74) is 1.35. The van der Waals surface area contributed by atoms with E-state index in [1.165, 1.54) is 4.57 Å². The summed E-state index contributed by atoms with van der Waals surface area (Å²) in [6.45, 7) is 3.64. The maximum absolute atomic E-state index is 11.9. The number of aliphatic hydroxyl groups is 1. The van der Waals surface area contributed by atoms with Crippen molar-refractivity contribution in [1.29, 1.82) is 0 Å². The summed E-state index contributed by atoms with van der Waals surface area (Å²) >= 11 is 7.11. The summed E-state index contributed by atoms with van der Waals surface area (Å²) in [6.07, 6.45) is -0.889. The normalized spacial score (nSPS) is 12.2. The maximum Gasteiger partial charge on any atom is 0.308 e. The number of amides is 1. The number of hydrogen-bond donors (Lipinski definition) is 2. The van der Waals surface area contributed by atoms with Crippen LogP contribution in [0.15, 0.2) is 29.1 Å². The molecule has 0 fully saturated rings. The van der Waals surface area contributed by atoms with Crippen LogP contribution in [0.5, 0.6) is 0 Å². The van der Waals surface area contributed by atoms with Gasteiger partial charge in [-0.05, 0) is 19.9 Å². The molecule has 1 amide bonds. The summed E-state index contributed by atoms with van der Waals surface area (Å²) in [4.78, 5) is 24.4. The molecule has 1 unspecified atom stereocenters. The number of benzene rings is 1. The SMILES string of the molecule is Cc1sc(=O)n(CC(=O)NCC(O)c2ccccc2Cl)c1C. The highest BCUT2D eigenvalue weighted by molar-refractivity contribution is 7.09. The molecule has 118 valence electrons. The molecule has 0 aliphatic heterocycles. The first-order chi connectivity index (χ1) is 10.4. The standard InChI is InChI=1S/C15H17ClN2O3S/c1-9-10(2)22-15(21)18(9)8-14(20)17-7-13(19)11-5-3-4-6-12(11)16/h3-6,13,19H,7-8H2,1-2H3,(H,17,20). The highest BCUT2D eigenvalue weighted by Crippen LogP contribution is 2.21. The van der Waals surface area contributed by atoms with Gasteiger partial charge in [-0.1, -0.05) is 41.1 Å². The van der Waals surface area contributed by atoms with Crippen molar-refractivity contribution >= 4 is 28.8 Å². The molecule has 0 aliphatic carbocycles. The third-order valence-corrected chi connectivity index (χ3v) is 4.77. The monoisotopic (exact) mass is 340 g/mol. The van der Waals surface area contributed by atoms with Crippen molar-refractivity contribution < 1.29 is 9.90 Å². The molecule has 0 aliphatic rings. The molecule has 5 nitrogen and oxygen atoms in total. The summed E-state index contributed by atoms with van der Waals surface area (Å²) in [5, 5.41) is 13.1. The van der Waals surface area contributed by atoms with Crippen molar-refractivity contribution in [3.8, 4) is 0 Å². The van der Waals surface area contributed by atoms with Crippen LogP contribution in [0.2, 0.25) is 5.02 Å². The van der Waals surface area contributed by atoms with E-state index in [-0.39, 0.29) is 23.9 Å². The van der Waals surface area contributed by atoms with Gasteiger partial charge in [0, 0.05) is 27.7 Å². The molecule has 0 saturated heterocycles. The Kier molecular flexibility index (Phi) is 5.39. The number of aliphatic hydroxyl groups excluding tert-OH is 1. The van der Waals surface area contributed by atoms with Gasteiger partial charge in [-0.2, -0.15) is 0 Å². The smallest absolute Gasteiger partial charge is 0.308 e. The average Bonchev–Trinajstić information content (AvgIpc) is 2.72. The van der Waals surface area contributed by atoms with E-state index in [0.717, 1.165) is 21.9 Å². The molecule has 1 aromatic heterocycles. The molecule has 1 heterocycles. The van der Waals surface area contributed by atoms with E-state index in [2.05, 4.69) is 5.32 Å². The Labute approximate surface area is 137 Å². The summed E-state index contributed by atoms with van der Waals surface area (Å²) in [7, 11) is 0. The van der Waals surface area contributed by atoms with Gasteiger partial charge in [-0.15, -0.1) is 0 Å². The van der Waals surface area contributed by atoms with Crippen LogP contribution in [0.4, 0.5) is 0 Å². The lowest BCUT2D eigenvalue weighted by atomic mass is 10.1. The lowest BCUT2D eigenvalue weighted by Gasteiger charge is -2.14. The van der Waals surface area contributed by atoms with E-state index in [4.69, 9.17) is 11.6 Å². The summed E-state index contributed by atoms with van der Waals surface area (Å²) in [6, 6.07) is 6.92. The molecule has 0 radical (unpaired) electrons. The molecule has 2 aromatic rings. The number of carbonyl (C=O) groups excluding carboxylic acids is 1. The van der Waals surface area contributed by atoms with Gasteiger partial charge in [0.1, 0.15) is 6.54 Å². The number of nitrogens with zero attached hydrogens (tertiary/aromatic N) is 1. The van der Waals surface area contributed by atoms with Gasteiger partial charge in [-0.25, -0.2) is 0 Å². The number of nitrogens with one attached hydrogen (secondary N) is 1. The largest absolute Gasteiger partial charge is 0.387 e. The van der Waals surface area contributed by atoms with E-state index >= 15 is 0 Å². The van der Waals surface area contributed by atoms with Gasteiger partial charge in [0.2, 0.25) is 5.91 Å². The van der Waals surface area contributed by atoms with Crippen LogP contribution < -0.4 is 10.2 Å². The first-order valence-electron chi connectivity index (χ1n) is 6.76. The van der Waals surface area contributed by atoms with Gasteiger partial charge in [0.15, 0.2) is 0 Å². The Hall–Kier alpha value is -1.63. The van der Waals surface area contributed by atoms with E-state index in [0.29, 0.717) is 10.6 Å². The van der Waals surface area contributed by atoms with E-state index in [1.54, 1.807) is 31.2 Å². The van der Waals surface area contributed by atoms with Crippen molar-refractivity contribution in [2.75, 3.05) is 6.54 Å². The topological polar surface area (TPSA) is 71.3 Å². The molecule has 1 aromatic carbocycles. The summed E-state index contributed by atoms with van der Waals surface area (Å²) < 4.78 is 1.43. The van der Waals surface area contributed by atoms with Crippen LogP contribution in [0, 0.1) is 13.8 Å². The molecule has 22 heavy (non-hydrogen) atoms. The fourth-order valence-corrected chi connectivity index (χ4v) is 3.13. The highest BCUT2D eigenvalue weighted by atomic mass is 35.5. The second kappa shape index (κ2) is 7.09. The number of hydrogen-bond acceptors (Lipinski definition) is 4. The molecular weight excluding hydrogens is 324 g/mol. The van der Waals surface area contributed by atoms with Gasteiger partial charge < -0.3 is 10.4 Å². The lowest BCUT2D eigenvalue weighted by molar-refractivity contribution is -0.122. The zero-order valence-electron chi connectivity index (χ0n) is 12.3. The second-order valence-corrected chi connectivity index (χ2v) is 6.51. The Bertz CT molecular complexity index is 739. The quantitative estimate of drug-likeness (QED) is 0.874. The minimum Gasteiger partial charge on any atom is -0.387 e. The van der Waals surface area contributed by atoms with Crippen molar-refractivity contribution in [1.82, 2.24) is 9.88 Å². The Morgan fingerprint density at radius 1 is 1.41 bits per heavy atom. The van der Waals surface area contributed by atoms with Crippen molar-refractivity contribution in [3.05, 3.63) is 55.1 Å². The predicted octanol–water partition coefficient (Wildman–Crippen LogP) is 2.03. The van der Waals surface area contributed by atoms with E-state index < -0.39 is 6.10 Å². The number of aromatic nitrogens is 1. The van der Waals surface area contributed by atoms with Crippen LogP contribution >= 0.6 is 22.9 Å². The number of halogens is 1. The van der Waals surface area contributed by atoms with Crippen molar-refractivity contribution in [2.24, 2.45) is 0 Å². The maximum atomic E-state index is 11.9. The van der Waals surface area contributed by atoms with Gasteiger partial charge in [0.25, 0.3) is 0 Å². The third kappa shape index (κ3) is 3.76. The van der Waals surface area contributed by atoms with Crippen molar-refractivity contribution in [2.45, 2.75) is 26.5 Å². The summed E-state index contributed by atoms with van der Waals surface area (Å²) in [5.74, 6) is -0.325.